The van der Waals surface area contributed by atoms with Gasteiger partial charge < -0.3 is 14.6 Å². The minimum absolute atomic E-state index is 0.156. The number of nitrogens with zero attached hydrogens (tertiary/aromatic N) is 5. The molecule has 4 aromatic rings. The van der Waals surface area contributed by atoms with Gasteiger partial charge in [0.2, 0.25) is 0 Å². The molecule has 1 N–H and O–H groups in total. The van der Waals surface area contributed by atoms with E-state index in [-0.39, 0.29) is 29.7 Å². The van der Waals surface area contributed by atoms with E-state index in [0.29, 0.717) is 41.0 Å². The highest BCUT2D eigenvalue weighted by atomic mass is 19.1. The van der Waals surface area contributed by atoms with Crippen molar-refractivity contribution in [2.45, 2.75) is 32.7 Å². The maximum Gasteiger partial charge on any atom is 0.295 e. The van der Waals surface area contributed by atoms with E-state index < -0.39 is 5.82 Å². The Labute approximate surface area is 194 Å². The van der Waals surface area contributed by atoms with Crippen molar-refractivity contribution in [1.82, 2.24) is 24.9 Å². The van der Waals surface area contributed by atoms with Gasteiger partial charge in [-0.15, -0.1) is 0 Å². The molecule has 1 amide bonds. The van der Waals surface area contributed by atoms with Crippen LogP contribution >= 0.6 is 0 Å². The number of carbonyl (C=O) groups excluding carboxylic acids is 1. The van der Waals surface area contributed by atoms with Crippen LogP contribution in [0.5, 0.6) is 0 Å². The number of amides is 1. The van der Waals surface area contributed by atoms with Crippen LogP contribution in [0.25, 0.3) is 16.8 Å². The first-order valence-electron chi connectivity index (χ1n) is 11.2. The van der Waals surface area contributed by atoms with Crippen molar-refractivity contribution < 1.29 is 18.0 Å². The molecule has 0 bridgehead atoms. The standard InChI is InChI=1S/C24H24F2N6O2/c1-14-4-3-9-31(21(14)13-27-24-30-19-11-16(25)5-6-22(19)34-24)23(33)17-10-15(2)18(26)12-20(17)32-28-7-8-29-32/h5-8,10-12,14,21H,3-4,9,13H2,1-2H3,(H,27,30). The van der Waals surface area contributed by atoms with Crippen LogP contribution < -0.4 is 5.32 Å². The number of benzene rings is 2. The highest BCUT2D eigenvalue weighted by molar-refractivity contribution is 5.98. The second-order valence-electron chi connectivity index (χ2n) is 8.63. The normalized spacial score (nSPS) is 18.4. The molecule has 0 radical (unpaired) electrons. The van der Waals surface area contributed by atoms with Gasteiger partial charge in [0.05, 0.1) is 24.0 Å². The smallest absolute Gasteiger partial charge is 0.295 e. The quantitative estimate of drug-likeness (QED) is 0.471. The zero-order valence-electron chi connectivity index (χ0n) is 18.8. The lowest BCUT2D eigenvalue weighted by Crippen LogP contribution is -2.51. The number of fused-ring (bicyclic) bond motifs is 1. The number of oxazole rings is 1. The first-order valence-corrected chi connectivity index (χ1v) is 11.2. The lowest BCUT2D eigenvalue weighted by Gasteiger charge is -2.40. The number of likely N-dealkylation sites (tertiary alicyclic amines) is 1. The van der Waals surface area contributed by atoms with Crippen molar-refractivity contribution in [1.29, 1.82) is 0 Å². The molecular weight excluding hydrogens is 442 g/mol. The van der Waals surface area contributed by atoms with Crippen LogP contribution in [-0.4, -0.2) is 49.9 Å². The van der Waals surface area contributed by atoms with Gasteiger partial charge in [0.15, 0.2) is 5.58 Å². The van der Waals surface area contributed by atoms with Crippen molar-refractivity contribution in [3.05, 3.63) is 65.5 Å². The van der Waals surface area contributed by atoms with Crippen molar-refractivity contribution in [3.63, 3.8) is 0 Å². The van der Waals surface area contributed by atoms with E-state index in [1.54, 1.807) is 13.0 Å². The van der Waals surface area contributed by atoms with Gasteiger partial charge >= 0.3 is 0 Å². The predicted octanol–water partition coefficient (Wildman–Crippen LogP) is 4.35. The third-order valence-electron chi connectivity index (χ3n) is 6.33. The molecular formula is C24H24F2N6O2. The van der Waals surface area contributed by atoms with Crippen molar-refractivity contribution in [2.24, 2.45) is 5.92 Å². The average Bonchev–Trinajstić information content (AvgIpc) is 3.49. The van der Waals surface area contributed by atoms with Crippen molar-refractivity contribution >= 4 is 23.0 Å². The zero-order valence-corrected chi connectivity index (χ0v) is 18.8. The van der Waals surface area contributed by atoms with E-state index in [0.717, 1.165) is 12.8 Å². The highest BCUT2D eigenvalue weighted by Gasteiger charge is 2.34. The topological polar surface area (TPSA) is 89.1 Å². The summed E-state index contributed by atoms with van der Waals surface area (Å²) in [6.07, 6.45) is 4.79. The summed E-state index contributed by atoms with van der Waals surface area (Å²) in [5.41, 5.74) is 1.91. The second kappa shape index (κ2) is 8.85. The number of anilines is 1. The molecule has 2 atom stereocenters. The Hall–Kier alpha value is -3.82. The molecule has 1 fully saturated rings. The Bertz CT molecular complexity index is 1340. The van der Waals surface area contributed by atoms with Gasteiger partial charge in [-0.25, -0.2) is 8.78 Å². The van der Waals surface area contributed by atoms with Crippen LogP contribution in [0, 0.1) is 24.5 Å². The Morgan fingerprint density at radius 1 is 1.21 bits per heavy atom. The lowest BCUT2D eigenvalue weighted by molar-refractivity contribution is 0.0538. The summed E-state index contributed by atoms with van der Waals surface area (Å²) in [5.74, 6) is -0.822. The molecule has 3 heterocycles. The fourth-order valence-electron chi connectivity index (χ4n) is 4.48. The number of piperidine rings is 1. The van der Waals surface area contributed by atoms with Gasteiger partial charge in [0, 0.05) is 25.2 Å². The molecule has 8 nitrogen and oxygen atoms in total. The van der Waals surface area contributed by atoms with E-state index >= 15 is 0 Å². The molecule has 1 aliphatic rings. The monoisotopic (exact) mass is 466 g/mol. The minimum Gasteiger partial charge on any atom is -0.424 e. The van der Waals surface area contributed by atoms with Gasteiger partial charge in [-0.3, -0.25) is 4.79 Å². The third-order valence-corrected chi connectivity index (χ3v) is 6.33. The summed E-state index contributed by atoms with van der Waals surface area (Å²) in [4.78, 5) is 21.1. The van der Waals surface area contributed by atoms with Crippen LogP contribution in [0.15, 0.2) is 47.1 Å². The summed E-state index contributed by atoms with van der Waals surface area (Å²) >= 11 is 0. The molecule has 10 heteroatoms. The molecule has 2 aromatic heterocycles. The number of halogens is 2. The molecule has 1 saturated heterocycles. The van der Waals surface area contributed by atoms with Gasteiger partial charge in [-0.05, 0) is 49.4 Å². The zero-order chi connectivity index (χ0) is 23.8. The van der Waals surface area contributed by atoms with Gasteiger partial charge in [-0.2, -0.15) is 20.0 Å². The Morgan fingerprint density at radius 2 is 2.00 bits per heavy atom. The molecule has 0 saturated carbocycles. The lowest BCUT2D eigenvalue weighted by atomic mass is 9.90. The Morgan fingerprint density at radius 3 is 2.79 bits per heavy atom. The maximum absolute atomic E-state index is 14.4. The van der Waals surface area contributed by atoms with E-state index in [1.807, 2.05) is 4.90 Å². The van der Waals surface area contributed by atoms with Crippen LogP contribution in [-0.2, 0) is 0 Å². The van der Waals surface area contributed by atoms with Gasteiger partial charge in [-0.1, -0.05) is 6.92 Å². The van der Waals surface area contributed by atoms with Crippen molar-refractivity contribution in [3.8, 4) is 5.69 Å². The number of aryl methyl sites for hydroxylation is 1. The summed E-state index contributed by atoms with van der Waals surface area (Å²) < 4.78 is 33.5. The van der Waals surface area contributed by atoms with Crippen LogP contribution in [0.1, 0.15) is 35.7 Å². The highest BCUT2D eigenvalue weighted by Crippen LogP contribution is 2.28. The van der Waals surface area contributed by atoms with E-state index in [2.05, 4.69) is 27.4 Å². The first-order chi connectivity index (χ1) is 16.4. The number of hydrogen-bond acceptors (Lipinski definition) is 6. The molecule has 0 aliphatic carbocycles. The summed E-state index contributed by atoms with van der Waals surface area (Å²) in [7, 11) is 0. The number of rotatable bonds is 5. The van der Waals surface area contributed by atoms with Crippen LogP contribution in [0.4, 0.5) is 14.8 Å². The molecule has 34 heavy (non-hydrogen) atoms. The van der Waals surface area contributed by atoms with E-state index in [9.17, 15) is 13.6 Å². The Kier molecular flexibility index (Phi) is 5.72. The van der Waals surface area contributed by atoms with Gasteiger partial charge in [0.1, 0.15) is 22.8 Å². The minimum atomic E-state index is -0.429. The molecule has 2 unspecified atom stereocenters. The van der Waals surface area contributed by atoms with Gasteiger partial charge in [0.25, 0.3) is 11.9 Å². The number of carbonyl (C=O) groups is 1. The summed E-state index contributed by atoms with van der Waals surface area (Å²) in [6.45, 7) is 4.69. The largest absolute Gasteiger partial charge is 0.424 e. The Balaban J connectivity index is 1.42. The predicted molar refractivity (Wildman–Crippen MR) is 122 cm³/mol. The summed E-state index contributed by atoms with van der Waals surface area (Å²) in [6, 6.07) is 7.11. The number of aromatic nitrogens is 4. The fraction of sp³-hybridized carbons (Fsp3) is 0.333. The molecule has 176 valence electrons. The molecule has 0 spiro atoms. The SMILES string of the molecule is Cc1cc(C(=O)N2CCCC(C)C2CNc2nc3cc(F)ccc3o2)c(-n2nccn2)cc1F. The molecule has 2 aromatic carbocycles. The molecule has 5 rings (SSSR count). The maximum atomic E-state index is 14.4. The average molecular weight is 466 g/mol. The second-order valence-corrected chi connectivity index (χ2v) is 8.63. The number of hydrogen-bond donors (Lipinski definition) is 1. The number of nitrogens with one attached hydrogen (secondary N) is 1. The van der Waals surface area contributed by atoms with E-state index in [1.165, 1.54) is 41.5 Å². The first kappa shape index (κ1) is 22.0. The summed E-state index contributed by atoms with van der Waals surface area (Å²) in [5, 5.41) is 11.4. The van der Waals surface area contributed by atoms with Crippen LogP contribution in [0.2, 0.25) is 0 Å². The van der Waals surface area contributed by atoms with Crippen molar-refractivity contribution in [2.75, 3.05) is 18.4 Å². The van der Waals surface area contributed by atoms with Crippen LogP contribution in [0.3, 0.4) is 0 Å². The molecule has 1 aliphatic heterocycles. The fourth-order valence-corrected chi connectivity index (χ4v) is 4.48. The van der Waals surface area contributed by atoms with E-state index in [4.69, 9.17) is 4.42 Å². The third kappa shape index (κ3) is 4.11.